The van der Waals surface area contributed by atoms with Gasteiger partial charge in [-0.05, 0) is 50.9 Å². The Labute approximate surface area is 150 Å². The van der Waals surface area contributed by atoms with Gasteiger partial charge in [0.05, 0.1) is 19.6 Å². The fourth-order valence-corrected chi connectivity index (χ4v) is 3.10. The first-order valence-corrected chi connectivity index (χ1v) is 9.00. The van der Waals surface area contributed by atoms with Gasteiger partial charge >= 0.3 is 5.97 Å². The van der Waals surface area contributed by atoms with Crippen molar-refractivity contribution in [2.75, 3.05) is 40.0 Å². The van der Waals surface area contributed by atoms with Gasteiger partial charge in [0.2, 0.25) is 0 Å². The summed E-state index contributed by atoms with van der Waals surface area (Å²) in [6, 6.07) is 5.91. The summed E-state index contributed by atoms with van der Waals surface area (Å²) in [5, 5.41) is 0. The summed E-state index contributed by atoms with van der Waals surface area (Å²) >= 11 is 0. The van der Waals surface area contributed by atoms with Gasteiger partial charge in [0, 0.05) is 13.1 Å². The van der Waals surface area contributed by atoms with Crippen molar-refractivity contribution < 1.29 is 19.0 Å². The van der Waals surface area contributed by atoms with Crippen molar-refractivity contribution in [2.24, 2.45) is 5.92 Å². The minimum absolute atomic E-state index is 0.0108. The SMILES string of the molecule is CC=Cc1ccc(OCCN2CCCC(C(=O)OCC)C2)c(OC)c1. The Morgan fingerprint density at radius 3 is 2.92 bits per heavy atom. The fourth-order valence-electron chi connectivity index (χ4n) is 3.10. The zero-order valence-corrected chi connectivity index (χ0v) is 15.5. The average molecular weight is 347 g/mol. The van der Waals surface area contributed by atoms with E-state index in [0.29, 0.717) is 13.2 Å². The number of nitrogens with zero attached hydrogens (tertiary/aromatic N) is 1. The molecule has 0 N–H and O–H groups in total. The highest BCUT2D eigenvalue weighted by Gasteiger charge is 2.26. The van der Waals surface area contributed by atoms with E-state index in [-0.39, 0.29) is 11.9 Å². The molecule has 0 aliphatic carbocycles. The molecule has 0 amide bonds. The molecule has 1 aromatic rings. The van der Waals surface area contributed by atoms with E-state index in [4.69, 9.17) is 14.2 Å². The lowest BCUT2D eigenvalue weighted by Gasteiger charge is -2.31. The number of ether oxygens (including phenoxy) is 3. The van der Waals surface area contributed by atoms with Crippen LogP contribution in [0, 0.1) is 5.92 Å². The van der Waals surface area contributed by atoms with Gasteiger partial charge in [0.15, 0.2) is 11.5 Å². The molecule has 5 nitrogen and oxygen atoms in total. The Kier molecular flexibility index (Phi) is 7.79. The molecule has 1 aliphatic heterocycles. The number of carbonyl (C=O) groups is 1. The van der Waals surface area contributed by atoms with Crippen LogP contribution >= 0.6 is 0 Å². The van der Waals surface area contributed by atoms with E-state index in [1.54, 1.807) is 7.11 Å². The molecule has 5 heteroatoms. The molecule has 1 atom stereocenters. The molecule has 2 rings (SSSR count). The third kappa shape index (κ3) is 5.78. The molecule has 0 spiro atoms. The number of allylic oxidation sites excluding steroid dienone is 1. The summed E-state index contributed by atoms with van der Waals surface area (Å²) in [7, 11) is 1.65. The Hall–Kier alpha value is -2.01. The summed E-state index contributed by atoms with van der Waals surface area (Å²) in [4.78, 5) is 14.2. The minimum Gasteiger partial charge on any atom is -0.493 e. The highest BCUT2D eigenvalue weighted by Crippen LogP contribution is 2.28. The third-order valence-corrected chi connectivity index (χ3v) is 4.34. The van der Waals surface area contributed by atoms with Crippen LogP contribution in [0.4, 0.5) is 0 Å². The topological polar surface area (TPSA) is 48.0 Å². The highest BCUT2D eigenvalue weighted by atomic mass is 16.5. The number of benzene rings is 1. The number of carbonyl (C=O) groups excluding carboxylic acids is 1. The summed E-state index contributed by atoms with van der Waals surface area (Å²) in [6.07, 6.45) is 5.95. The number of esters is 1. The van der Waals surface area contributed by atoms with Crippen LogP contribution in [0.5, 0.6) is 11.5 Å². The van der Waals surface area contributed by atoms with Crippen LogP contribution in [0.25, 0.3) is 6.08 Å². The zero-order chi connectivity index (χ0) is 18.1. The third-order valence-electron chi connectivity index (χ3n) is 4.34. The summed E-state index contributed by atoms with van der Waals surface area (Å²) in [5.41, 5.74) is 1.08. The van der Waals surface area contributed by atoms with Crippen molar-refractivity contribution in [3.05, 3.63) is 29.8 Å². The van der Waals surface area contributed by atoms with E-state index in [1.807, 2.05) is 44.2 Å². The van der Waals surface area contributed by atoms with Crippen molar-refractivity contribution in [3.8, 4) is 11.5 Å². The number of piperidine rings is 1. The predicted octanol–water partition coefficient (Wildman–Crippen LogP) is 3.38. The molecule has 25 heavy (non-hydrogen) atoms. The van der Waals surface area contributed by atoms with Gasteiger partial charge in [-0.3, -0.25) is 9.69 Å². The smallest absolute Gasteiger partial charge is 0.310 e. The maximum atomic E-state index is 11.9. The first kappa shape index (κ1) is 19.3. The molecule has 0 bridgehead atoms. The molecule has 0 aromatic heterocycles. The molecular weight excluding hydrogens is 318 g/mol. The van der Waals surface area contributed by atoms with Gasteiger partial charge in [-0.15, -0.1) is 0 Å². The quantitative estimate of drug-likeness (QED) is 0.675. The molecular formula is C20H29NO4. The Bertz CT molecular complexity index is 585. The number of likely N-dealkylation sites (tertiary alicyclic amines) is 1. The van der Waals surface area contributed by atoms with Crippen LogP contribution in [0.15, 0.2) is 24.3 Å². The van der Waals surface area contributed by atoms with Gasteiger partial charge in [0.25, 0.3) is 0 Å². The van der Waals surface area contributed by atoms with Gasteiger partial charge < -0.3 is 14.2 Å². The zero-order valence-electron chi connectivity index (χ0n) is 15.5. The molecule has 1 fully saturated rings. The summed E-state index contributed by atoms with van der Waals surface area (Å²) in [5.74, 6) is 1.39. The molecule has 1 unspecified atom stereocenters. The van der Waals surface area contributed by atoms with Crippen LogP contribution in [0.2, 0.25) is 0 Å². The number of rotatable bonds is 8. The largest absolute Gasteiger partial charge is 0.493 e. The maximum Gasteiger partial charge on any atom is 0.310 e. The highest BCUT2D eigenvalue weighted by molar-refractivity contribution is 5.72. The first-order valence-electron chi connectivity index (χ1n) is 9.00. The van der Waals surface area contributed by atoms with Crippen molar-refractivity contribution >= 4 is 12.0 Å². The van der Waals surface area contributed by atoms with E-state index in [9.17, 15) is 4.79 Å². The molecule has 1 saturated heterocycles. The van der Waals surface area contributed by atoms with E-state index in [0.717, 1.165) is 49.5 Å². The van der Waals surface area contributed by atoms with Crippen LogP contribution in [-0.2, 0) is 9.53 Å². The second-order valence-corrected chi connectivity index (χ2v) is 6.15. The molecule has 0 saturated carbocycles. The minimum atomic E-state index is -0.0747. The Morgan fingerprint density at radius 2 is 2.20 bits per heavy atom. The molecule has 1 aromatic carbocycles. The number of hydrogen-bond donors (Lipinski definition) is 0. The Morgan fingerprint density at radius 1 is 1.36 bits per heavy atom. The van der Waals surface area contributed by atoms with Crippen LogP contribution in [-0.4, -0.2) is 50.8 Å². The van der Waals surface area contributed by atoms with Crippen LogP contribution in [0.1, 0.15) is 32.3 Å². The summed E-state index contributed by atoms with van der Waals surface area (Å²) in [6.45, 7) is 7.38. The lowest BCUT2D eigenvalue weighted by molar-refractivity contribution is -0.150. The van der Waals surface area contributed by atoms with Crippen LogP contribution in [0.3, 0.4) is 0 Å². The monoisotopic (exact) mass is 347 g/mol. The molecule has 1 aliphatic rings. The maximum absolute atomic E-state index is 11.9. The van der Waals surface area contributed by atoms with Gasteiger partial charge in [-0.25, -0.2) is 0 Å². The fraction of sp³-hybridized carbons (Fsp3) is 0.550. The van der Waals surface area contributed by atoms with Crippen molar-refractivity contribution in [2.45, 2.75) is 26.7 Å². The van der Waals surface area contributed by atoms with Gasteiger partial charge in [-0.1, -0.05) is 18.2 Å². The summed E-state index contributed by atoms with van der Waals surface area (Å²) < 4.78 is 16.5. The van der Waals surface area contributed by atoms with Gasteiger partial charge in [0.1, 0.15) is 6.61 Å². The number of hydrogen-bond acceptors (Lipinski definition) is 5. The molecule has 138 valence electrons. The molecule has 0 radical (unpaired) electrons. The van der Waals surface area contributed by atoms with Crippen molar-refractivity contribution in [3.63, 3.8) is 0 Å². The van der Waals surface area contributed by atoms with E-state index >= 15 is 0 Å². The van der Waals surface area contributed by atoms with E-state index < -0.39 is 0 Å². The second kappa shape index (κ2) is 10.1. The first-order chi connectivity index (χ1) is 12.2. The molecule has 1 heterocycles. The van der Waals surface area contributed by atoms with Gasteiger partial charge in [-0.2, -0.15) is 0 Å². The number of methoxy groups -OCH3 is 1. The lowest BCUT2D eigenvalue weighted by atomic mass is 9.98. The van der Waals surface area contributed by atoms with Crippen LogP contribution < -0.4 is 9.47 Å². The lowest BCUT2D eigenvalue weighted by Crippen LogP contribution is -2.41. The van der Waals surface area contributed by atoms with E-state index in [1.165, 1.54) is 0 Å². The predicted molar refractivity (Wildman–Crippen MR) is 99.0 cm³/mol. The van der Waals surface area contributed by atoms with Crippen molar-refractivity contribution in [1.29, 1.82) is 0 Å². The van der Waals surface area contributed by atoms with Crippen molar-refractivity contribution in [1.82, 2.24) is 4.90 Å². The normalized spacial score (nSPS) is 18.3. The average Bonchev–Trinajstić information content (AvgIpc) is 2.63. The second-order valence-electron chi connectivity index (χ2n) is 6.15. The standard InChI is InChI=1S/C20H29NO4/c1-4-7-16-9-10-18(19(14-16)23-3)25-13-12-21-11-6-8-17(15-21)20(22)24-5-2/h4,7,9-10,14,17H,5-6,8,11-13,15H2,1-3H3. The van der Waals surface area contributed by atoms with E-state index in [2.05, 4.69) is 4.90 Å². The Balaban J connectivity index is 1.84.